The number of piperidine rings is 2. The summed E-state index contributed by atoms with van der Waals surface area (Å²) in [6, 6.07) is 0. The number of hydrogen-bond acceptors (Lipinski definition) is 10. The van der Waals surface area contributed by atoms with Crippen molar-refractivity contribution in [1.82, 2.24) is 15.0 Å². The molecule has 5 rings (SSSR count). The maximum atomic E-state index is 5.89. The number of anilines is 3. The summed E-state index contributed by atoms with van der Waals surface area (Å²) in [6.07, 6.45) is 3.99. The zero-order valence-corrected chi connectivity index (χ0v) is 19.5. The standard InChI is InChI=1S/C22H36N6O4/c1-21(29-12-13-30-21)16-4-8-27(9-5-16)19-24-18(23-3)25-20(26-19)28-10-6-17(7-11-28)22(2)31-14-15-32-22/h16-17H,4-15H2,1-3H3,(H,23,24,25,26). The molecule has 0 bridgehead atoms. The van der Waals surface area contributed by atoms with Gasteiger partial charge in [-0.2, -0.15) is 15.0 Å². The third-order valence-electron chi connectivity index (χ3n) is 7.60. The second kappa shape index (κ2) is 8.89. The molecule has 1 N–H and O–H groups in total. The Morgan fingerprint density at radius 2 is 1.06 bits per heavy atom. The minimum absolute atomic E-state index is 0.395. The van der Waals surface area contributed by atoms with Crippen LogP contribution in [0.5, 0.6) is 0 Å². The molecular weight excluding hydrogens is 412 g/mol. The topological polar surface area (TPSA) is 94.1 Å². The van der Waals surface area contributed by atoms with Crippen LogP contribution < -0.4 is 15.1 Å². The minimum atomic E-state index is -0.444. The van der Waals surface area contributed by atoms with Gasteiger partial charge in [0, 0.05) is 45.1 Å². The van der Waals surface area contributed by atoms with E-state index < -0.39 is 11.6 Å². The average molecular weight is 449 g/mol. The maximum absolute atomic E-state index is 5.89. The molecule has 0 amide bonds. The van der Waals surface area contributed by atoms with Crippen molar-refractivity contribution in [2.45, 2.75) is 51.1 Å². The van der Waals surface area contributed by atoms with Gasteiger partial charge in [0.25, 0.3) is 0 Å². The van der Waals surface area contributed by atoms with Crippen molar-refractivity contribution in [3.8, 4) is 0 Å². The molecule has 4 saturated heterocycles. The molecule has 0 spiro atoms. The fourth-order valence-corrected chi connectivity index (χ4v) is 5.49. The Kier molecular flexibility index (Phi) is 6.13. The molecule has 32 heavy (non-hydrogen) atoms. The first-order chi connectivity index (χ1) is 15.5. The van der Waals surface area contributed by atoms with E-state index in [1.807, 2.05) is 7.05 Å². The molecule has 0 radical (unpaired) electrons. The molecule has 0 atom stereocenters. The van der Waals surface area contributed by atoms with Gasteiger partial charge in [-0.25, -0.2) is 0 Å². The monoisotopic (exact) mass is 448 g/mol. The zero-order chi connectivity index (χ0) is 22.2. The average Bonchev–Trinajstić information content (AvgIpc) is 3.49. The number of nitrogens with zero attached hydrogens (tertiary/aromatic N) is 5. The zero-order valence-electron chi connectivity index (χ0n) is 19.5. The van der Waals surface area contributed by atoms with Crippen LogP contribution in [0.4, 0.5) is 17.8 Å². The Hall–Kier alpha value is -1.75. The van der Waals surface area contributed by atoms with Crippen molar-refractivity contribution >= 4 is 17.8 Å². The summed E-state index contributed by atoms with van der Waals surface area (Å²) >= 11 is 0. The highest BCUT2D eigenvalue weighted by Crippen LogP contribution is 2.37. The number of rotatable bonds is 5. The van der Waals surface area contributed by atoms with Gasteiger partial charge in [-0.15, -0.1) is 0 Å². The highest BCUT2D eigenvalue weighted by Gasteiger charge is 2.43. The van der Waals surface area contributed by atoms with Crippen LogP contribution in [0, 0.1) is 11.8 Å². The highest BCUT2D eigenvalue weighted by molar-refractivity contribution is 5.45. The van der Waals surface area contributed by atoms with Crippen LogP contribution in [0.15, 0.2) is 0 Å². The van der Waals surface area contributed by atoms with E-state index in [4.69, 9.17) is 23.9 Å². The van der Waals surface area contributed by atoms with Crippen LogP contribution in [-0.4, -0.2) is 86.2 Å². The fourth-order valence-electron chi connectivity index (χ4n) is 5.49. The Bertz CT molecular complexity index is 722. The Morgan fingerprint density at radius 1 is 0.688 bits per heavy atom. The lowest BCUT2D eigenvalue weighted by molar-refractivity contribution is -0.185. The predicted molar refractivity (Wildman–Crippen MR) is 120 cm³/mol. The molecule has 0 aliphatic carbocycles. The summed E-state index contributed by atoms with van der Waals surface area (Å²) in [7, 11) is 1.85. The molecule has 1 aromatic heterocycles. The molecule has 4 aliphatic heterocycles. The Balaban J connectivity index is 1.24. The predicted octanol–water partition coefficient (Wildman–Crippen LogP) is 1.87. The first kappa shape index (κ1) is 22.1. The smallest absolute Gasteiger partial charge is 0.231 e. The Labute approximate surface area is 190 Å². The molecular formula is C22H36N6O4. The summed E-state index contributed by atoms with van der Waals surface area (Å²) < 4.78 is 23.6. The molecule has 4 aliphatic rings. The second-order valence-electron chi connectivity index (χ2n) is 9.46. The van der Waals surface area contributed by atoms with Crippen LogP contribution in [0.3, 0.4) is 0 Å². The fraction of sp³-hybridized carbons (Fsp3) is 0.864. The number of aromatic nitrogens is 3. The van der Waals surface area contributed by atoms with Crippen molar-refractivity contribution < 1.29 is 18.9 Å². The van der Waals surface area contributed by atoms with E-state index in [-0.39, 0.29) is 0 Å². The molecule has 5 heterocycles. The van der Waals surface area contributed by atoms with Crippen LogP contribution in [0.2, 0.25) is 0 Å². The molecule has 0 unspecified atom stereocenters. The summed E-state index contributed by atoms with van der Waals surface area (Å²) in [4.78, 5) is 18.7. The summed E-state index contributed by atoms with van der Waals surface area (Å²) in [6.45, 7) is 10.4. The molecule has 4 fully saturated rings. The molecule has 0 saturated carbocycles. The van der Waals surface area contributed by atoms with Gasteiger partial charge in [0.2, 0.25) is 17.8 Å². The van der Waals surface area contributed by atoms with Crippen molar-refractivity contribution in [2.75, 3.05) is 74.8 Å². The molecule has 1 aromatic rings. The van der Waals surface area contributed by atoms with Crippen LogP contribution in [0.25, 0.3) is 0 Å². The van der Waals surface area contributed by atoms with E-state index in [9.17, 15) is 0 Å². The van der Waals surface area contributed by atoms with Gasteiger partial charge in [-0.1, -0.05) is 0 Å². The van der Waals surface area contributed by atoms with Gasteiger partial charge >= 0.3 is 0 Å². The van der Waals surface area contributed by atoms with Gasteiger partial charge in [-0.3, -0.25) is 0 Å². The second-order valence-corrected chi connectivity index (χ2v) is 9.46. The normalized spacial score (nSPS) is 26.6. The Morgan fingerprint density at radius 3 is 1.41 bits per heavy atom. The SMILES string of the molecule is CNc1nc(N2CCC(C3(C)OCCO3)CC2)nc(N2CCC(C3(C)OCCO3)CC2)n1. The third kappa shape index (κ3) is 4.25. The quantitative estimate of drug-likeness (QED) is 0.719. The number of hydrogen-bond donors (Lipinski definition) is 1. The molecule has 0 aromatic carbocycles. The van der Waals surface area contributed by atoms with Crippen LogP contribution >= 0.6 is 0 Å². The minimum Gasteiger partial charge on any atom is -0.357 e. The van der Waals surface area contributed by atoms with Gasteiger partial charge in [0.05, 0.1) is 26.4 Å². The van der Waals surface area contributed by atoms with Crippen molar-refractivity contribution in [3.63, 3.8) is 0 Å². The van der Waals surface area contributed by atoms with Gasteiger partial charge in [0.15, 0.2) is 11.6 Å². The van der Waals surface area contributed by atoms with Crippen LogP contribution in [-0.2, 0) is 18.9 Å². The summed E-state index contributed by atoms with van der Waals surface area (Å²) in [5.74, 6) is 2.00. The van der Waals surface area contributed by atoms with Crippen molar-refractivity contribution in [2.24, 2.45) is 11.8 Å². The van der Waals surface area contributed by atoms with Gasteiger partial charge in [0.1, 0.15) is 0 Å². The number of ether oxygens (including phenoxy) is 4. The van der Waals surface area contributed by atoms with Gasteiger partial charge in [-0.05, 0) is 39.5 Å². The molecule has 178 valence electrons. The largest absolute Gasteiger partial charge is 0.357 e. The van der Waals surface area contributed by atoms with E-state index in [1.165, 1.54) is 0 Å². The third-order valence-corrected chi connectivity index (χ3v) is 7.60. The van der Waals surface area contributed by atoms with E-state index in [0.29, 0.717) is 44.2 Å². The van der Waals surface area contributed by atoms with Crippen molar-refractivity contribution in [1.29, 1.82) is 0 Å². The molecule has 10 heteroatoms. The lowest BCUT2D eigenvalue weighted by Crippen LogP contribution is -2.45. The van der Waals surface area contributed by atoms with Gasteiger partial charge < -0.3 is 34.1 Å². The maximum Gasteiger partial charge on any atom is 0.231 e. The van der Waals surface area contributed by atoms with Crippen LogP contribution in [0.1, 0.15) is 39.5 Å². The lowest BCUT2D eigenvalue weighted by atomic mass is 9.89. The van der Waals surface area contributed by atoms with E-state index >= 15 is 0 Å². The molecule has 10 nitrogen and oxygen atoms in total. The summed E-state index contributed by atoms with van der Waals surface area (Å²) in [5, 5.41) is 3.11. The van der Waals surface area contributed by atoms with E-state index in [0.717, 1.165) is 63.8 Å². The first-order valence-electron chi connectivity index (χ1n) is 12.0. The van der Waals surface area contributed by atoms with E-state index in [1.54, 1.807) is 0 Å². The van der Waals surface area contributed by atoms with E-state index in [2.05, 4.69) is 38.9 Å². The van der Waals surface area contributed by atoms with Crippen molar-refractivity contribution in [3.05, 3.63) is 0 Å². The first-order valence-corrected chi connectivity index (χ1v) is 12.0. The summed E-state index contributed by atoms with van der Waals surface area (Å²) in [5.41, 5.74) is 0. The number of nitrogens with one attached hydrogen (secondary N) is 1. The highest BCUT2D eigenvalue weighted by atomic mass is 16.7. The lowest BCUT2D eigenvalue weighted by Gasteiger charge is -2.40.